The lowest BCUT2D eigenvalue weighted by atomic mass is 9.98. The Morgan fingerprint density at radius 1 is 1.13 bits per heavy atom. The molecule has 1 saturated carbocycles. The van der Waals surface area contributed by atoms with Crippen molar-refractivity contribution in [1.29, 1.82) is 0 Å². The van der Waals surface area contributed by atoms with E-state index in [4.69, 9.17) is 4.74 Å². The molecular formula is C22H24N4O3S. The summed E-state index contributed by atoms with van der Waals surface area (Å²) < 4.78 is 5.76. The lowest BCUT2D eigenvalue weighted by Gasteiger charge is -2.21. The first-order valence-electron chi connectivity index (χ1n) is 10.1. The fraction of sp³-hybridized carbons (Fsp3) is 0.364. The van der Waals surface area contributed by atoms with Crippen LogP contribution in [0.3, 0.4) is 0 Å². The average Bonchev–Trinajstić information content (AvgIpc) is 3.06. The van der Waals surface area contributed by atoms with Gasteiger partial charge in [0.1, 0.15) is 28.0 Å². The Labute approximate surface area is 178 Å². The van der Waals surface area contributed by atoms with E-state index in [9.17, 15) is 9.59 Å². The van der Waals surface area contributed by atoms with Crippen molar-refractivity contribution in [2.45, 2.75) is 52.1 Å². The number of aryl methyl sites for hydroxylation is 1. The van der Waals surface area contributed by atoms with Crippen molar-refractivity contribution in [2.24, 2.45) is 0 Å². The maximum atomic E-state index is 12.8. The zero-order valence-electron chi connectivity index (χ0n) is 17.0. The van der Waals surface area contributed by atoms with Gasteiger partial charge in [0.05, 0.1) is 5.39 Å². The van der Waals surface area contributed by atoms with Crippen molar-refractivity contribution in [3.8, 4) is 0 Å². The van der Waals surface area contributed by atoms with Crippen molar-refractivity contribution in [2.75, 3.05) is 10.6 Å². The van der Waals surface area contributed by atoms with Crippen molar-refractivity contribution < 1.29 is 14.3 Å². The first-order valence-corrected chi connectivity index (χ1v) is 10.9. The summed E-state index contributed by atoms with van der Waals surface area (Å²) in [7, 11) is 0. The van der Waals surface area contributed by atoms with Crippen LogP contribution in [0.2, 0.25) is 0 Å². The average molecular weight is 425 g/mol. The second-order valence-electron chi connectivity index (χ2n) is 7.51. The van der Waals surface area contributed by atoms with Gasteiger partial charge in [-0.25, -0.2) is 14.8 Å². The third-order valence-corrected chi connectivity index (χ3v) is 6.36. The van der Waals surface area contributed by atoms with Crippen molar-refractivity contribution in [3.05, 3.63) is 41.0 Å². The van der Waals surface area contributed by atoms with Gasteiger partial charge in [0.15, 0.2) is 0 Å². The van der Waals surface area contributed by atoms with Gasteiger partial charge >= 0.3 is 5.97 Å². The number of esters is 1. The first kappa shape index (κ1) is 20.3. The van der Waals surface area contributed by atoms with Crippen LogP contribution < -0.4 is 10.6 Å². The molecule has 0 radical (unpaired) electrons. The van der Waals surface area contributed by atoms with Crippen molar-refractivity contribution in [3.63, 3.8) is 0 Å². The van der Waals surface area contributed by atoms with E-state index in [1.807, 2.05) is 31.2 Å². The van der Waals surface area contributed by atoms with E-state index in [0.29, 0.717) is 16.4 Å². The molecule has 8 heteroatoms. The van der Waals surface area contributed by atoms with E-state index in [0.717, 1.165) is 47.2 Å². The van der Waals surface area contributed by atoms with Crippen molar-refractivity contribution in [1.82, 2.24) is 9.97 Å². The second-order valence-corrected chi connectivity index (χ2v) is 8.51. The van der Waals surface area contributed by atoms with Gasteiger partial charge in [-0.1, -0.05) is 12.5 Å². The summed E-state index contributed by atoms with van der Waals surface area (Å²) in [6.45, 7) is 3.37. The maximum Gasteiger partial charge on any atom is 0.348 e. The fourth-order valence-corrected chi connectivity index (χ4v) is 4.80. The molecule has 4 rings (SSSR count). The van der Waals surface area contributed by atoms with E-state index in [-0.39, 0.29) is 18.0 Å². The zero-order valence-corrected chi connectivity index (χ0v) is 17.8. The molecule has 1 aliphatic carbocycles. The number of anilines is 3. The Balaban J connectivity index is 1.61. The Bertz CT molecular complexity index is 1090. The second kappa shape index (κ2) is 8.79. The summed E-state index contributed by atoms with van der Waals surface area (Å²) in [5.74, 6) is 0.206. The number of hydrogen-bond donors (Lipinski definition) is 2. The predicted molar refractivity (Wildman–Crippen MR) is 118 cm³/mol. The molecule has 0 bridgehead atoms. The van der Waals surface area contributed by atoms with Crippen LogP contribution in [0, 0.1) is 6.92 Å². The summed E-state index contributed by atoms with van der Waals surface area (Å²) in [4.78, 5) is 34.2. The molecule has 0 unspecified atom stereocenters. The number of hydrogen-bond acceptors (Lipinski definition) is 7. The predicted octanol–water partition coefficient (Wildman–Crippen LogP) is 5.19. The molecule has 2 N–H and O–H groups in total. The number of rotatable bonds is 5. The molecule has 2 aromatic heterocycles. The molecule has 156 valence electrons. The molecule has 1 aromatic carbocycles. The molecule has 0 atom stereocenters. The fourth-order valence-electron chi connectivity index (χ4n) is 3.76. The van der Waals surface area contributed by atoms with E-state index < -0.39 is 0 Å². The normalized spacial score (nSPS) is 14.5. The van der Waals surface area contributed by atoms with Crippen LogP contribution in [0.1, 0.15) is 54.3 Å². The van der Waals surface area contributed by atoms with E-state index in [2.05, 4.69) is 20.6 Å². The van der Waals surface area contributed by atoms with E-state index >= 15 is 0 Å². The molecule has 7 nitrogen and oxygen atoms in total. The lowest BCUT2D eigenvalue weighted by Crippen LogP contribution is -2.20. The number of fused-ring (bicyclic) bond motifs is 1. The summed E-state index contributed by atoms with van der Waals surface area (Å²) in [6, 6.07) is 7.38. The number of carbonyl (C=O) groups excluding carboxylic acids is 2. The van der Waals surface area contributed by atoms with Crippen LogP contribution in [0.25, 0.3) is 10.2 Å². The lowest BCUT2D eigenvalue weighted by molar-refractivity contribution is -0.114. The number of thiophene rings is 1. The standard InChI is InChI=1S/C22H24N4O3S/c1-13-18-20(26-16-8-6-7-15(11-16)25-14(2)27)23-12-24-21(18)30-19(13)22(28)29-17-9-4-3-5-10-17/h6-8,11-12,17H,3-5,9-10H2,1-2H3,(H,25,27)(H,23,24,26). The molecule has 1 aliphatic rings. The Kier molecular flexibility index (Phi) is 5.94. The highest BCUT2D eigenvalue weighted by molar-refractivity contribution is 7.20. The number of nitrogens with zero attached hydrogens (tertiary/aromatic N) is 2. The van der Waals surface area contributed by atoms with Gasteiger partial charge in [-0.3, -0.25) is 4.79 Å². The van der Waals surface area contributed by atoms with Crippen molar-refractivity contribution >= 4 is 50.6 Å². The van der Waals surface area contributed by atoms with Gasteiger partial charge in [0.25, 0.3) is 0 Å². The third-order valence-electron chi connectivity index (χ3n) is 5.18. The number of carbonyl (C=O) groups is 2. The quantitative estimate of drug-likeness (QED) is 0.548. The Morgan fingerprint density at radius 3 is 2.67 bits per heavy atom. The van der Waals surface area contributed by atoms with E-state index in [1.54, 1.807) is 0 Å². The highest BCUT2D eigenvalue weighted by atomic mass is 32.1. The molecule has 3 aromatic rings. The highest BCUT2D eigenvalue weighted by Crippen LogP contribution is 2.35. The number of benzene rings is 1. The van der Waals surface area contributed by atoms with Gasteiger partial charge in [0.2, 0.25) is 5.91 Å². The molecule has 1 fully saturated rings. The topological polar surface area (TPSA) is 93.2 Å². The minimum atomic E-state index is -0.277. The van der Waals surface area contributed by atoms with Crippen LogP contribution in [0.4, 0.5) is 17.2 Å². The van der Waals surface area contributed by atoms with Gasteiger partial charge in [0, 0.05) is 18.3 Å². The highest BCUT2D eigenvalue weighted by Gasteiger charge is 2.24. The van der Waals surface area contributed by atoms with Crippen LogP contribution in [0.5, 0.6) is 0 Å². The van der Waals surface area contributed by atoms with Crippen LogP contribution >= 0.6 is 11.3 Å². The van der Waals surface area contributed by atoms with Crippen LogP contribution in [0.15, 0.2) is 30.6 Å². The molecule has 1 amide bonds. The van der Waals surface area contributed by atoms with Gasteiger partial charge in [-0.05, 0) is 56.4 Å². The SMILES string of the molecule is CC(=O)Nc1cccc(Nc2ncnc3sc(C(=O)OC4CCCCC4)c(C)c23)c1. The molecule has 30 heavy (non-hydrogen) atoms. The number of ether oxygens (including phenoxy) is 1. The maximum absolute atomic E-state index is 12.8. The summed E-state index contributed by atoms with van der Waals surface area (Å²) >= 11 is 1.33. The zero-order chi connectivity index (χ0) is 21.1. The molecule has 0 aliphatic heterocycles. The molecule has 0 spiro atoms. The Hall–Kier alpha value is -3.00. The van der Waals surface area contributed by atoms with Crippen LogP contribution in [-0.4, -0.2) is 27.9 Å². The molecular weight excluding hydrogens is 400 g/mol. The summed E-state index contributed by atoms with van der Waals surface area (Å²) in [5.41, 5.74) is 2.28. The number of nitrogens with one attached hydrogen (secondary N) is 2. The monoisotopic (exact) mass is 424 g/mol. The summed E-state index contributed by atoms with van der Waals surface area (Å²) in [6.07, 6.45) is 6.80. The number of aromatic nitrogens is 2. The summed E-state index contributed by atoms with van der Waals surface area (Å²) in [5, 5.41) is 6.86. The number of amides is 1. The van der Waals surface area contributed by atoms with Gasteiger partial charge < -0.3 is 15.4 Å². The minimum Gasteiger partial charge on any atom is -0.458 e. The smallest absolute Gasteiger partial charge is 0.348 e. The van der Waals surface area contributed by atoms with Gasteiger partial charge in [-0.2, -0.15) is 0 Å². The van der Waals surface area contributed by atoms with Gasteiger partial charge in [-0.15, -0.1) is 11.3 Å². The third kappa shape index (κ3) is 4.43. The minimum absolute atomic E-state index is 0.0102. The van der Waals surface area contributed by atoms with Crippen LogP contribution in [-0.2, 0) is 9.53 Å². The molecule has 2 heterocycles. The van der Waals surface area contributed by atoms with E-state index in [1.165, 1.54) is 31.0 Å². The first-order chi connectivity index (χ1) is 14.5. The largest absolute Gasteiger partial charge is 0.458 e. The molecule has 0 saturated heterocycles. The Morgan fingerprint density at radius 2 is 1.90 bits per heavy atom.